The predicted octanol–water partition coefficient (Wildman–Crippen LogP) is 0.138. The zero-order valence-electron chi connectivity index (χ0n) is 19.7. The summed E-state index contributed by atoms with van der Waals surface area (Å²) in [4.78, 5) is 12.2. The van der Waals surface area contributed by atoms with Crippen LogP contribution in [0.1, 0.15) is 42.4 Å². The summed E-state index contributed by atoms with van der Waals surface area (Å²) in [5.41, 5.74) is 2.70. The number of furan rings is 1. The van der Waals surface area contributed by atoms with Crippen molar-refractivity contribution in [2.24, 2.45) is 0 Å². The molecular formula is C24H32O11. The van der Waals surface area contributed by atoms with Crippen LogP contribution in [0.3, 0.4) is 0 Å². The van der Waals surface area contributed by atoms with E-state index in [0.29, 0.717) is 24.0 Å². The Hall–Kier alpha value is -2.41. The van der Waals surface area contributed by atoms with E-state index in [-0.39, 0.29) is 43.5 Å². The third kappa shape index (κ3) is 4.59. The molecule has 1 saturated heterocycles. The van der Waals surface area contributed by atoms with Crippen LogP contribution in [0.4, 0.5) is 0 Å². The molecule has 0 spiro atoms. The first-order chi connectivity index (χ1) is 16.9. The molecule has 35 heavy (non-hydrogen) atoms. The van der Waals surface area contributed by atoms with Gasteiger partial charge in [0, 0.05) is 28.9 Å². The summed E-state index contributed by atoms with van der Waals surface area (Å²) in [7, 11) is 1.42. The monoisotopic (exact) mass is 496 g/mol. The molecule has 4 rings (SSSR count). The second-order valence-corrected chi connectivity index (χ2v) is 8.75. The lowest BCUT2D eigenvalue weighted by Gasteiger charge is -2.40. The van der Waals surface area contributed by atoms with Gasteiger partial charge in [0.25, 0.3) is 0 Å². The average Bonchev–Trinajstić information content (AvgIpc) is 3.30. The molecule has 6 atom stereocenters. The van der Waals surface area contributed by atoms with Crippen LogP contribution < -0.4 is 9.47 Å². The molecular weight excluding hydrogens is 464 g/mol. The molecule has 0 amide bonds. The van der Waals surface area contributed by atoms with Crippen molar-refractivity contribution in [1.29, 1.82) is 0 Å². The third-order valence-electron chi connectivity index (χ3n) is 6.75. The molecule has 11 heteroatoms. The highest BCUT2D eigenvalue weighted by atomic mass is 16.7. The summed E-state index contributed by atoms with van der Waals surface area (Å²) >= 11 is 0. The van der Waals surface area contributed by atoms with Crippen molar-refractivity contribution < 1.29 is 53.7 Å². The van der Waals surface area contributed by atoms with Gasteiger partial charge in [-0.25, -0.2) is 0 Å². The third-order valence-corrected chi connectivity index (χ3v) is 6.75. The van der Waals surface area contributed by atoms with Crippen molar-refractivity contribution in [2.45, 2.75) is 69.2 Å². The maximum absolute atomic E-state index is 12.2. The molecule has 1 aromatic heterocycles. The smallest absolute Gasteiger partial charge is 0.306 e. The maximum atomic E-state index is 12.2. The molecule has 2 aromatic rings. The fraction of sp³-hybridized carbons (Fsp3) is 0.625. The highest BCUT2D eigenvalue weighted by Crippen LogP contribution is 2.49. The zero-order chi connectivity index (χ0) is 25.3. The minimum Gasteiger partial charge on any atom is -0.490 e. The summed E-state index contributed by atoms with van der Waals surface area (Å²) in [6, 6.07) is 0. The number of carbonyl (C=O) groups is 1. The number of aryl methyl sites for hydroxylation is 1. The molecule has 1 aliphatic carbocycles. The van der Waals surface area contributed by atoms with E-state index in [4.69, 9.17) is 23.4 Å². The number of hydrogen-bond acceptors (Lipinski definition) is 11. The Labute approximate surface area is 201 Å². The van der Waals surface area contributed by atoms with Gasteiger partial charge in [-0.1, -0.05) is 0 Å². The largest absolute Gasteiger partial charge is 0.490 e. The van der Waals surface area contributed by atoms with Crippen LogP contribution >= 0.6 is 0 Å². The Kier molecular flexibility index (Phi) is 7.84. The Morgan fingerprint density at radius 2 is 1.89 bits per heavy atom. The predicted molar refractivity (Wildman–Crippen MR) is 120 cm³/mol. The molecule has 0 saturated carbocycles. The molecule has 1 aromatic carbocycles. The SMILES string of the molecule is CCOC(=O)CCc1c(OC2OC(CO)C(O)C(O)C2O)c(OC)c2occ3c2c1CCC3CO. The number of hydrogen-bond donors (Lipinski definition) is 5. The summed E-state index contributed by atoms with van der Waals surface area (Å²) in [6.07, 6.45) is -4.33. The highest BCUT2D eigenvalue weighted by molar-refractivity contribution is 5.94. The molecule has 1 aliphatic heterocycles. The molecule has 2 heterocycles. The molecule has 11 nitrogen and oxygen atoms in total. The van der Waals surface area contributed by atoms with Gasteiger partial charge in [0.1, 0.15) is 24.4 Å². The van der Waals surface area contributed by atoms with E-state index < -0.39 is 43.3 Å². The van der Waals surface area contributed by atoms with Crippen LogP contribution in [0, 0.1) is 0 Å². The van der Waals surface area contributed by atoms with Gasteiger partial charge in [0.2, 0.25) is 12.0 Å². The van der Waals surface area contributed by atoms with E-state index in [0.717, 1.165) is 16.5 Å². The lowest BCUT2D eigenvalue weighted by Crippen LogP contribution is -2.60. The van der Waals surface area contributed by atoms with Crippen molar-refractivity contribution in [3.05, 3.63) is 23.0 Å². The fourth-order valence-electron chi connectivity index (χ4n) is 4.93. The lowest BCUT2D eigenvalue weighted by atomic mass is 9.81. The van der Waals surface area contributed by atoms with E-state index >= 15 is 0 Å². The van der Waals surface area contributed by atoms with Gasteiger partial charge >= 0.3 is 5.97 Å². The Balaban J connectivity index is 1.82. The van der Waals surface area contributed by atoms with Crippen molar-refractivity contribution >= 4 is 16.9 Å². The normalized spacial score (nSPS) is 28.2. The van der Waals surface area contributed by atoms with Crippen LogP contribution in [-0.4, -0.2) is 89.1 Å². The quantitative estimate of drug-likeness (QED) is 0.299. The highest BCUT2D eigenvalue weighted by Gasteiger charge is 2.45. The molecule has 0 bridgehead atoms. The minimum atomic E-state index is -1.63. The Morgan fingerprint density at radius 1 is 1.11 bits per heavy atom. The van der Waals surface area contributed by atoms with Crippen molar-refractivity contribution in [2.75, 3.05) is 26.9 Å². The van der Waals surface area contributed by atoms with E-state index in [1.807, 2.05) is 0 Å². The molecule has 2 aliphatic rings. The number of rotatable bonds is 9. The number of aliphatic hydroxyl groups is 5. The average molecular weight is 497 g/mol. The lowest BCUT2D eigenvalue weighted by molar-refractivity contribution is -0.277. The standard InChI is InChI=1S/C24H32O11/c1-3-32-16(27)7-6-13-12-5-4-11(8-25)14-10-33-22(17(12)14)23(31-2)21(13)35-24-20(30)19(29)18(28)15(9-26)34-24/h10-11,15,18-20,24-26,28-30H,3-9H2,1-2H3. The second kappa shape index (κ2) is 10.7. The van der Waals surface area contributed by atoms with Crippen LogP contribution in [0.25, 0.3) is 11.0 Å². The minimum absolute atomic E-state index is 0.0440. The van der Waals surface area contributed by atoms with Gasteiger partial charge in [-0.15, -0.1) is 0 Å². The molecule has 6 unspecified atom stereocenters. The van der Waals surface area contributed by atoms with Gasteiger partial charge in [0.05, 0.1) is 33.2 Å². The zero-order valence-corrected chi connectivity index (χ0v) is 19.7. The first kappa shape index (κ1) is 25.7. The summed E-state index contributed by atoms with van der Waals surface area (Å²) in [5, 5.41) is 51.0. The number of ether oxygens (including phenoxy) is 4. The van der Waals surface area contributed by atoms with Crippen molar-refractivity contribution in [3.63, 3.8) is 0 Å². The topological polar surface area (TPSA) is 168 Å². The van der Waals surface area contributed by atoms with E-state index in [1.165, 1.54) is 7.11 Å². The molecule has 194 valence electrons. The molecule has 5 N–H and O–H groups in total. The number of esters is 1. The molecule has 0 radical (unpaired) electrons. The van der Waals surface area contributed by atoms with Crippen LogP contribution in [0.5, 0.6) is 11.5 Å². The second-order valence-electron chi connectivity index (χ2n) is 8.75. The molecule has 1 fully saturated rings. The Bertz CT molecular complexity index is 1050. The Morgan fingerprint density at radius 3 is 2.54 bits per heavy atom. The van der Waals surface area contributed by atoms with Crippen LogP contribution in [-0.2, 0) is 27.1 Å². The van der Waals surface area contributed by atoms with E-state index in [1.54, 1.807) is 13.2 Å². The summed E-state index contributed by atoms with van der Waals surface area (Å²) < 4.78 is 28.2. The van der Waals surface area contributed by atoms with Crippen LogP contribution in [0.15, 0.2) is 10.7 Å². The van der Waals surface area contributed by atoms with E-state index in [9.17, 15) is 30.3 Å². The van der Waals surface area contributed by atoms with Crippen molar-refractivity contribution in [3.8, 4) is 11.5 Å². The first-order valence-electron chi connectivity index (χ1n) is 11.7. The van der Waals surface area contributed by atoms with Gasteiger partial charge < -0.3 is 48.9 Å². The number of aliphatic hydroxyl groups excluding tert-OH is 5. The maximum Gasteiger partial charge on any atom is 0.306 e. The van der Waals surface area contributed by atoms with Gasteiger partial charge in [-0.2, -0.15) is 0 Å². The number of methoxy groups -OCH3 is 1. The summed E-state index contributed by atoms with van der Waals surface area (Å²) in [6.45, 7) is 1.31. The van der Waals surface area contributed by atoms with E-state index in [2.05, 4.69) is 0 Å². The van der Waals surface area contributed by atoms with Crippen molar-refractivity contribution in [1.82, 2.24) is 0 Å². The number of carbonyl (C=O) groups excluding carboxylic acids is 1. The van der Waals surface area contributed by atoms with Gasteiger partial charge in [0.15, 0.2) is 11.3 Å². The van der Waals surface area contributed by atoms with Gasteiger partial charge in [-0.3, -0.25) is 4.79 Å². The number of benzene rings is 1. The van der Waals surface area contributed by atoms with Crippen LogP contribution in [0.2, 0.25) is 0 Å². The summed E-state index contributed by atoms with van der Waals surface area (Å²) in [5.74, 6) is -0.144. The first-order valence-corrected chi connectivity index (χ1v) is 11.7. The fourth-order valence-corrected chi connectivity index (χ4v) is 4.93. The van der Waals surface area contributed by atoms with Gasteiger partial charge in [-0.05, 0) is 31.7 Å².